The fourth-order valence-electron chi connectivity index (χ4n) is 10.8. The molecule has 6 fully saturated rings. The number of hydrogen-bond acceptors (Lipinski definition) is 7. The van der Waals surface area contributed by atoms with Gasteiger partial charge >= 0.3 is 11.9 Å². The summed E-state index contributed by atoms with van der Waals surface area (Å²) < 4.78 is 18.0. The Hall–Kier alpha value is -1.18. The van der Waals surface area contributed by atoms with E-state index < -0.39 is 0 Å². The number of carbonyl (C=O) groups excluding carboxylic acids is 2. The lowest BCUT2D eigenvalue weighted by molar-refractivity contribution is -0.182. The zero-order valence-corrected chi connectivity index (χ0v) is 24.9. The molecule has 4 aliphatic carbocycles. The van der Waals surface area contributed by atoms with Gasteiger partial charge in [-0.1, -0.05) is 20.3 Å². The lowest BCUT2D eigenvalue weighted by Gasteiger charge is -2.62. The molecule has 0 radical (unpaired) electrons. The van der Waals surface area contributed by atoms with Crippen molar-refractivity contribution in [1.82, 2.24) is 9.80 Å². The molecule has 7 heteroatoms. The van der Waals surface area contributed by atoms with Crippen molar-refractivity contribution in [2.75, 3.05) is 39.4 Å². The van der Waals surface area contributed by atoms with Crippen LogP contribution >= 0.6 is 0 Å². The smallest absolute Gasteiger partial charge is 0.302 e. The van der Waals surface area contributed by atoms with Gasteiger partial charge in [-0.2, -0.15) is 0 Å². The van der Waals surface area contributed by atoms with Gasteiger partial charge in [0, 0.05) is 44.4 Å². The van der Waals surface area contributed by atoms with Crippen molar-refractivity contribution in [3.8, 4) is 0 Å². The van der Waals surface area contributed by atoms with Gasteiger partial charge in [0.2, 0.25) is 0 Å². The molecule has 7 nitrogen and oxygen atoms in total. The second-order valence-electron chi connectivity index (χ2n) is 14.4. The van der Waals surface area contributed by atoms with Crippen molar-refractivity contribution in [2.45, 2.75) is 116 Å². The summed E-state index contributed by atoms with van der Waals surface area (Å²) in [5.74, 6) is 2.34. The number of piperidine rings is 1. The quantitative estimate of drug-likeness (QED) is 0.477. The van der Waals surface area contributed by atoms with Gasteiger partial charge in [-0.3, -0.25) is 19.4 Å². The molecule has 220 valence electrons. The Balaban J connectivity index is 1.27. The van der Waals surface area contributed by atoms with Gasteiger partial charge in [0.25, 0.3) is 0 Å². The van der Waals surface area contributed by atoms with Crippen LogP contribution in [0.25, 0.3) is 0 Å². The summed E-state index contributed by atoms with van der Waals surface area (Å²) in [5.41, 5.74) is 0.320. The minimum atomic E-state index is -0.143. The highest BCUT2D eigenvalue weighted by atomic mass is 16.5. The van der Waals surface area contributed by atoms with Crippen LogP contribution in [0.1, 0.15) is 91.9 Å². The van der Waals surface area contributed by atoms with Crippen LogP contribution in [-0.2, 0) is 23.8 Å². The summed E-state index contributed by atoms with van der Waals surface area (Å²) in [7, 11) is 0. The standard InChI is InChI=1S/C32H52N2O5/c1-21(35)38-29-18-23-8-9-24-25(32(23,4)20-28(29)34-14-16-37-17-15-34)10-11-31(3)26(24)19-27(30(31)39-22(2)36)33-12-6-5-7-13-33/h23-30H,5-20H2,1-4H3/t23-,24+,25-,26-,27-,28-,29-,30+,31-,32-/m0/s1. The average Bonchev–Trinajstić information content (AvgIpc) is 3.21. The zero-order chi connectivity index (χ0) is 27.4. The third-order valence-electron chi connectivity index (χ3n) is 12.6. The molecule has 2 heterocycles. The molecule has 2 aliphatic heterocycles. The van der Waals surface area contributed by atoms with E-state index in [4.69, 9.17) is 14.2 Å². The molecule has 4 saturated carbocycles. The van der Waals surface area contributed by atoms with Gasteiger partial charge in [-0.05, 0) is 100.0 Å². The first-order valence-electron chi connectivity index (χ1n) is 16.1. The number of fused-ring (bicyclic) bond motifs is 5. The molecule has 0 aromatic heterocycles. The fourth-order valence-corrected chi connectivity index (χ4v) is 10.8. The molecule has 10 atom stereocenters. The van der Waals surface area contributed by atoms with Crippen molar-refractivity contribution in [2.24, 2.45) is 34.5 Å². The van der Waals surface area contributed by atoms with Gasteiger partial charge in [0.15, 0.2) is 0 Å². The molecule has 0 N–H and O–H groups in total. The van der Waals surface area contributed by atoms with Gasteiger partial charge in [-0.25, -0.2) is 0 Å². The van der Waals surface area contributed by atoms with E-state index in [1.807, 2.05) is 0 Å². The van der Waals surface area contributed by atoms with Crippen LogP contribution < -0.4 is 0 Å². The Bertz CT molecular complexity index is 916. The first-order chi connectivity index (χ1) is 18.7. The average molecular weight is 545 g/mol. The molecule has 0 bridgehead atoms. The summed E-state index contributed by atoms with van der Waals surface area (Å²) in [4.78, 5) is 29.7. The summed E-state index contributed by atoms with van der Waals surface area (Å²) in [6.45, 7) is 13.9. The highest BCUT2D eigenvalue weighted by molar-refractivity contribution is 5.66. The maximum absolute atomic E-state index is 12.4. The van der Waals surface area contributed by atoms with E-state index in [-0.39, 0.29) is 41.0 Å². The van der Waals surface area contributed by atoms with Crippen LogP contribution in [0.2, 0.25) is 0 Å². The summed E-state index contributed by atoms with van der Waals surface area (Å²) in [5, 5.41) is 0. The number of hydrogen-bond donors (Lipinski definition) is 0. The van der Waals surface area contributed by atoms with Gasteiger partial charge in [0.1, 0.15) is 12.2 Å². The third kappa shape index (κ3) is 4.97. The first kappa shape index (κ1) is 28.0. The zero-order valence-electron chi connectivity index (χ0n) is 24.9. The molecular formula is C32H52N2O5. The number of morpholine rings is 1. The van der Waals surface area contributed by atoms with Crippen molar-refractivity contribution >= 4 is 11.9 Å². The number of esters is 2. The molecule has 2 saturated heterocycles. The van der Waals surface area contributed by atoms with E-state index in [0.29, 0.717) is 29.7 Å². The van der Waals surface area contributed by atoms with E-state index in [0.717, 1.165) is 58.7 Å². The van der Waals surface area contributed by atoms with Crippen LogP contribution in [0.3, 0.4) is 0 Å². The van der Waals surface area contributed by atoms with Gasteiger partial charge in [-0.15, -0.1) is 0 Å². The molecule has 0 aromatic carbocycles. The Morgan fingerprint density at radius 3 is 2.15 bits per heavy atom. The summed E-state index contributed by atoms with van der Waals surface area (Å²) in [6.07, 6.45) is 12.0. The van der Waals surface area contributed by atoms with Crippen LogP contribution in [0.15, 0.2) is 0 Å². The maximum atomic E-state index is 12.4. The number of ether oxygens (including phenoxy) is 3. The lowest BCUT2D eigenvalue weighted by atomic mass is 9.44. The number of rotatable bonds is 4. The number of carbonyl (C=O) groups is 2. The first-order valence-corrected chi connectivity index (χ1v) is 16.1. The SMILES string of the molecule is CC(=O)O[C@H]1C[C@@H]2CC[C@@H]3[C@H](CC[C@]4(C)[C@H](OC(C)=O)[C@@H](N5CCCCC5)C[C@@H]34)[C@@]2(C)C[C@@H]1N1CCOCC1. The third-order valence-corrected chi connectivity index (χ3v) is 12.6. The van der Waals surface area contributed by atoms with Crippen molar-refractivity contribution in [3.63, 3.8) is 0 Å². The predicted octanol–water partition coefficient (Wildman–Crippen LogP) is 4.67. The molecule has 0 unspecified atom stereocenters. The molecule has 0 spiro atoms. The molecule has 39 heavy (non-hydrogen) atoms. The highest BCUT2D eigenvalue weighted by Gasteiger charge is 2.65. The Morgan fingerprint density at radius 1 is 0.769 bits per heavy atom. The second kappa shape index (κ2) is 10.9. The van der Waals surface area contributed by atoms with Crippen molar-refractivity contribution in [3.05, 3.63) is 0 Å². The highest BCUT2D eigenvalue weighted by Crippen LogP contribution is 2.67. The van der Waals surface area contributed by atoms with E-state index >= 15 is 0 Å². The van der Waals surface area contributed by atoms with E-state index in [2.05, 4.69) is 23.6 Å². The maximum Gasteiger partial charge on any atom is 0.302 e. The van der Waals surface area contributed by atoms with Crippen LogP contribution in [0.5, 0.6) is 0 Å². The van der Waals surface area contributed by atoms with Crippen molar-refractivity contribution in [1.29, 1.82) is 0 Å². The summed E-state index contributed by atoms with van der Waals surface area (Å²) >= 11 is 0. The van der Waals surface area contributed by atoms with E-state index in [9.17, 15) is 9.59 Å². The van der Waals surface area contributed by atoms with Crippen LogP contribution in [0.4, 0.5) is 0 Å². The van der Waals surface area contributed by atoms with Crippen LogP contribution in [0, 0.1) is 34.5 Å². The van der Waals surface area contributed by atoms with Gasteiger partial charge < -0.3 is 14.2 Å². The van der Waals surface area contributed by atoms with E-state index in [1.54, 1.807) is 13.8 Å². The van der Waals surface area contributed by atoms with E-state index in [1.165, 1.54) is 44.9 Å². The minimum Gasteiger partial charge on any atom is -0.461 e. The number of likely N-dealkylation sites (tertiary alicyclic amines) is 1. The topological polar surface area (TPSA) is 68.3 Å². The van der Waals surface area contributed by atoms with Crippen LogP contribution in [-0.4, -0.2) is 85.4 Å². The fraction of sp³-hybridized carbons (Fsp3) is 0.938. The molecule has 6 rings (SSSR count). The summed E-state index contributed by atoms with van der Waals surface area (Å²) in [6, 6.07) is 0.652. The molecule has 6 aliphatic rings. The Kier molecular flexibility index (Phi) is 7.82. The minimum absolute atomic E-state index is 0.00705. The normalized spacial score (nSPS) is 47.0. The largest absolute Gasteiger partial charge is 0.461 e. The Labute approximate surface area is 235 Å². The lowest BCUT2D eigenvalue weighted by Crippen LogP contribution is -2.61. The molecule has 0 amide bonds. The van der Waals surface area contributed by atoms with Gasteiger partial charge in [0.05, 0.1) is 13.2 Å². The monoisotopic (exact) mass is 544 g/mol. The van der Waals surface area contributed by atoms with Crippen molar-refractivity contribution < 1.29 is 23.8 Å². The second-order valence-corrected chi connectivity index (χ2v) is 14.4. The Morgan fingerprint density at radius 2 is 1.46 bits per heavy atom. The molecular weight excluding hydrogens is 492 g/mol. The molecule has 0 aromatic rings. The predicted molar refractivity (Wildman–Crippen MR) is 149 cm³/mol. The number of nitrogens with zero attached hydrogens (tertiary/aromatic N) is 2.